The average Bonchev–Trinajstić information content (AvgIpc) is 2.73. The van der Waals surface area contributed by atoms with Crippen LogP contribution in [-0.2, 0) is 4.79 Å². The number of aromatic amines is 1. The zero-order valence-electron chi connectivity index (χ0n) is 11.1. The third-order valence-corrected chi connectivity index (χ3v) is 3.58. The first kappa shape index (κ1) is 12.6. The van der Waals surface area contributed by atoms with Crippen LogP contribution in [-0.4, -0.2) is 35.4 Å². The molecule has 1 saturated heterocycles. The number of amides is 1. The van der Waals surface area contributed by atoms with Gasteiger partial charge >= 0.3 is 5.76 Å². The van der Waals surface area contributed by atoms with Crippen LogP contribution in [0.4, 0.5) is 11.4 Å². The van der Waals surface area contributed by atoms with Crippen molar-refractivity contribution in [3.8, 4) is 0 Å². The lowest BCUT2D eigenvalue weighted by molar-refractivity contribution is -0.132. The highest BCUT2D eigenvalue weighted by Gasteiger charge is 2.23. The first-order chi connectivity index (χ1) is 9.52. The molecule has 1 atom stereocenters. The Bertz CT molecular complexity index is 718. The molecule has 1 aromatic heterocycles. The number of likely N-dealkylation sites (N-methyl/N-ethyl adjacent to an activating group) is 1. The molecule has 106 valence electrons. The number of anilines is 2. The molecule has 0 radical (unpaired) electrons. The minimum absolute atomic E-state index is 0.149. The lowest BCUT2D eigenvalue weighted by Crippen LogP contribution is -2.43. The van der Waals surface area contributed by atoms with Crippen LogP contribution < -0.4 is 16.8 Å². The van der Waals surface area contributed by atoms with Crippen molar-refractivity contribution in [2.75, 3.05) is 24.6 Å². The van der Waals surface area contributed by atoms with Crippen molar-refractivity contribution in [2.24, 2.45) is 0 Å². The molecule has 0 aliphatic carbocycles. The molecule has 3 rings (SSSR count). The van der Waals surface area contributed by atoms with Gasteiger partial charge in [0.15, 0.2) is 5.58 Å². The van der Waals surface area contributed by atoms with Gasteiger partial charge in [-0.05, 0) is 12.5 Å². The number of nitrogen functional groups attached to an aromatic ring is 1. The molecule has 1 aliphatic rings. The van der Waals surface area contributed by atoms with Crippen molar-refractivity contribution in [3.63, 3.8) is 0 Å². The van der Waals surface area contributed by atoms with Crippen molar-refractivity contribution < 1.29 is 9.21 Å². The Balaban J connectivity index is 1.85. The number of piperidine rings is 1. The van der Waals surface area contributed by atoms with E-state index < -0.39 is 5.76 Å². The third-order valence-electron chi connectivity index (χ3n) is 3.58. The van der Waals surface area contributed by atoms with E-state index in [1.807, 2.05) is 0 Å². The Kier molecular flexibility index (Phi) is 2.89. The SMILES string of the molecule is CN1CC(Nc2cc3[nH]c(=O)oc3cc2N)CCC1=O. The fourth-order valence-electron chi connectivity index (χ4n) is 2.49. The second kappa shape index (κ2) is 4.59. The normalized spacial score (nSPS) is 19.6. The number of oxazole rings is 1. The lowest BCUT2D eigenvalue weighted by Gasteiger charge is -2.31. The van der Waals surface area contributed by atoms with E-state index in [0.29, 0.717) is 29.8 Å². The number of carbonyl (C=O) groups is 1. The van der Waals surface area contributed by atoms with Gasteiger partial charge in [0.05, 0.1) is 16.9 Å². The second-order valence-electron chi connectivity index (χ2n) is 5.10. The predicted molar refractivity (Wildman–Crippen MR) is 75.5 cm³/mol. The van der Waals surface area contributed by atoms with Crippen LogP contribution in [0.2, 0.25) is 0 Å². The number of carbonyl (C=O) groups excluding carboxylic acids is 1. The number of likely N-dealkylation sites (tertiary alicyclic amines) is 1. The number of fused-ring (bicyclic) bond motifs is 1. The summed E-state index contributed by atoms with van der Waals surface area (Å²) < 4.78 is 4.95. The summed E-state index contributed by atoms with van der Waals surface area (Å²) in [5, 5.41) is 3.32. The van der Waals surface area contributed by atoms with Crippen LogP contribution in [0.25, 0.3) is 11.1 Å². The van der Waals surface area contributed by atoms with Crippen molar-refractivity contribution in [3.05, 3.63) is 22.7 Å². The zero-order chi connectivity index (χ0) is 14.3. The van der Waals surface area contributed by atoms with Gasteiger partial charge in [0.25, 0.3) is 0 Å². The summed E-state index contributed by atoms with van der Waals surface area (Å²) in [6.07, 6.45) is 1.29. The van der Waals surface area contributed by atoms with Crippen molar-refractivity contribution in [2.45, 2.75) is 18.9 Å². The van der Waals surface area contributed by atoms with E-state index in [9.17, 15) is 9.59 Å². The van der Waals surface area contributed by atoms with Crippen LogP contribution >= 0.6 is 0 Å². The summed E-state index contributed by atoms with van der Waals surface area (Å²) in [7, 11) is 1.79. The number of nitrogens with two attached hydrogens (primary N) is 1. The van der Waals surface area contributed by atoms with E-state index in [2.05, 4.69) is 10.3 Å². The number of nitrogens with one attached hydrogen (secondary N) is 2. The molecule has 1 aromatic carbocycles. The van der Waals surface area contributed by atoms with Crippen molar-refractivity contribution in [1.29, 1.82) is 0 Å². The van der Waals surface area contributed by atoms with Crippen LogP contribution in [0.15, 0.2) is 21.3 Å². The fraction of sp³-hybridized carbons (Fsp3) is 0.385. The molecule has 0 bridgehead atoms. The molecular formula is C13H16N4O3. The van der Waals surface area contributed by atoms with Gasteiger partial charge in [-0.1, -0.05) is 0 Å². The summed E-state index contributed by atoms with van der Waals surface area (Å²) in [6, 6.07) is 3.52. The maximum absolute atomic E-state index is 11.5. The summed E-state index contributed by atoms with van der Waals surface area (Å²) in [5.41, 5.74) is 8.25. The minimum Gasteiger partial charge on any atom is -0.408 e. The van der Waals surface area contributed by atoms with Gasteiger partial charge in [-0.3, -0.25) is 9.78 Å². The van der Waals surface area contributed by atoms with E-state index in [1.54, 1.807) is 24.1 Å². The van der Waals surface area contributed by atoms with E-state index in [1.165, 1.54) is 0 Å². The van der Waals surface area contributed by atoms with Gasteiger partial charge in [-0.2, -0.15) is 0 Å². The molecule has 1 amide bonds. The lowest BCUT2D eigenvalue weighted by atomic mass is 10.1. The summed E-state index contributed by atoms with van der Waals surface area (Å²) >= 11 is 0. The van der Waals surface area contributed by atoms with E-state index in [4.69, 9.17) is 10.2 Å². The van der Waals surface area contributed by atoms with Gasteiger partial charge in [-0.25, -0.2) is 4.79 Å². The molecule has 4 N–H and O–H groups in total. The summed E-state index contributed by atoms with van der Waals surface area (Å²) in [5.74, 6) is -0.342. The Hall–Kier alpha value is -2.44. The molecule has 2 heterocycles. The zero-order valence-corrected chi connectivity index (χ0v) is 11.1. The molecular weight excluding hydrogens is 260 g/mol. The highest BCUT2D eigenvalue weighted by Crippen LogP contribution is 2.26. The second-order valence-corrected chi connectivity index (χ2v) is 5.10. The van der Waals surface area contributed by atoms with E-state index >= 15 is 0 Å². The van der Waals surface area contributed by atoms with Crippen LogP contribution in [0, 0.1) is 0 Å². The molecule has 20 heavy (non-hydrogen) atoms. The number of aromatic nitrogens is 1. The molecule has 0 spiro atoms. The Morgan fingerprint density at radius 2 is 2.25 bits per heavy atom. The van der Waals surface area contributed by atoms with Crippen LogP contribution in [0.1, 0.15) is 12.8 Å². The Morgan fingerprint density at radius 1 is 1.45 bits per heavy atom. The largest absolute Gasteiger partial charge is 0.417 e. The number of hydrogen-bond donors (Lipinski definition) is 3. The van der Waals surface area contributed by atoms with Crippen LogP contribution in [0.5, 0.6) is 0 Å². The van der Waals surface area contributed by atoms with Gasteiger partial charge in [0.2, 0.25) is 5.91 Å². The first-order valence-corrected chi connectivity index (χ1v) is 6.46. The molecule has 0 saturated carbocycles. The number of benzene rings is 1. The number of nitrogens with zero attached hydrogens (tertiary/aromatic N) is 1. The minimum atomic E-state index is -0.500. The first-order valence-electron chi connectivity index (χ1n) is 6.46. The molecule has 7 nitrogen and oxygen atoms in total. The average molecular weight is 276 g/mol. The summed E-state index contributed by atoms with van der Waals surface area (Å²) in [4.78, 5) is 26.9. The number of rotatable bonds is 2. The molecule has 1 unspecified atom stereocenters. The predicted octanol–water partition coefficient (Wildman–Crippen LogP) is 0.736. The van der Waals surface area contributed by atoms with Gasteiger partial charge in [-0.15, -0.1) is 0 Å². The van der Waals surface area contributed by atoms with E-state index in [-0.39, 0.29) is 11.9 Å². The standard InChI is InChI=1S/C13H16N4O3/c1-17-6-7(2-3-12(17)18)15-9-5-10-11(4-8(9)14)20-13(19)16-10/h4-5,7,15H,2-3,6,14H2,1H3,(H,16,19). The van der Waals surface area contributed by atoms with Crippen molar-refractivity contribution >= 4 is 28.4 Å². The molecule has 1 fully saturated rings. The van der Waals surface area contributed by atoms with Crippen molar-refractivity contribution in [1.82, 2.24) is 9.88 Å². The smallest absolute Gasteiger partial charge is 0.408 e. The van der Waals surface area contributed by atoms with Gasteiger partial charge in [0, 0.05) is 32.1 Å². The molecule has 7 heteroatoms. The molecule has 1 aliphatic heterocycles. The number of hydrogen-bond acceptors (Lipinski definition) is 5. The maximum Gasteiger partial charge on any atom is 0.417 e. The maximum atomic E-state index is 11.5. The highest BCUT2D eigenvalue weighted by molar-refractivity contribution is 5.85. The van der Waals surface area contributed by atoms with E-state index in [0.717, 1.165) is 12.1 Å². The van der Waals surface area contributed by atoms with Gasteiger partial charge in [0.1, 0.15) is 0 Å². The third kappa shape index (κ3) is 2.22. The number of H-pyrrole nitrogens is 1. The fourth-order valence-corrected chi connectivity index (χ4v) is 2.49. The monoisotopic (exact) mass is 276 g/mol. The van der Waals surface area contributed by atoms with Gasteiger partial charge < -0.3 is 20.4 Å². The summed E-state index contributed by atoms with van der Waals surface area (Å²) in [6.45, 7) is 0.637. The molecule has 2 aromatic rings. The quantitative estimate of drug-likeness (QED) is 0.702. The Morgan fingerprint density at radius 3 is 3.00 bits per heavy atom. The Labute approximate surface area is 114 Å². The highest BCUT2D eigenvalue weighted by atomic mass is 16.4. The van der Waals surface area contributed by atoms with Crippen LogP contribution in [0.3, 0.4) is 0 Å². The topological polar surface area (TPSA) is 104 Å².